The van der Waals surface area contributed by atoms with Gasteiger partial charge in [-0.05, 0) is 25.0 Å². The van der Waals surface area contributed by atoms with Crippen LogP contribution in [0.5, 0.6) is 0 Å². The van der Waals surface area contributed by atoms with Gasteiger partial charge in [-0.3, -0.25) is 0 Å². The Morgan fingerprint density at radius 1 is 0.966 bits per heavy atom. The second kappa shape index (κ2) is 9.38. The maximum atomic E-state index is 12.7. The fraction of sp³-hybridized carbons (Fsp3) is 0.667. The van der Waals surface area contributed by atoms with Crippen molar-refractivity contribution in [2.24, 2.45) is 0 Å². The van der Waals surface area contributed by atoms with Crippen molar-refractivity contribution in [3.05, 3.63) is 35.4 Å². The van der Waals surface area contributed by atoms with E-state index in [2.05, 4.69) is 4.72 Å². The maximum absolute atomic E-state index is 12.7. The van der Waals surface area contributed by atoms with Crippen LogP contribution < -0.4 is 4.72 Å². The first-order valence-corrected chi connectivity index (χ1v) is 12.7. The van der Waals surface area contributed by atoms with E-state index in [1.54, 1.807) is 24.3 Å². The molecule has 164 valence electrons. The van der Waals surface area contributed by atoms with E-state index in [-0.39, 0.29) is 37.6 Å². The third-order valence-electron chi connectivity index (χ3n) is 4.99. The van der Waals surface area contributed by atoms with E-state index >= 15 is 0 Å². The minimum absolute atomic E-state index is 0.0251. The standard InChI is InChI=1S/C18H29N3O6S2/c1-15-12-21(13-16(2)27-15)29(24,25)19-11-17-5-3-4-6-18(17)14-28(22,23)20-7-9-26-10-8-20/h3-6,15-16,19H,7-14H2,1-2H3. The number of nitrogens with one attached hydrogen (secondary N) is 1. The molecule has 2 heterocycles. The first-order chi connectivity index (χ1) is 13.7. The molecule has 9 nitrogen and oxygen atoms in total. The second-order valence-electron chi connectivity index (χ2n) is 7.44. The van der Waals surface area contributed by atoms with Gasteiger partial charge < -0.3 is 9.47 Å². The molecule has 2 unspecified atom stereocenters. The summed E-state index contributed by atoms with van der Waals surface area (Å²) in [5, 5.41) is 0. The number of hydrogen-bond donors (Lipinski definition) is 1. The summed E-state index contributed by atoms with van der Waals surface area (Å²) in [6.45, 7) is 5.72. The number of benzene rings is 1. The summed E-state index contributed by atoms with van der Waals surface area (Å²) >= 11 is 0. The van der Waals surface area contributed by atoms with Crippen molar-refractivity contribution in [3.63, 3.8) is 0 Å². The Hall–Kier alpha value is -1.08. The van der Waals surface area contributed by atoms with Gasteiger partial charge in [0.15, 0.2) is 0 Å². The normalized spacial score (nSPS) is 25.2. The Kier molecular flexibility index (Phi) is 7.31. The molecule has 29 heavy (non-hydrogen) atoms. The topological polar surface area (TPSA) is 105 Å². The van der Waals surface area contributed by atoms with Gasteiger partial charge in [0.25, 0.3) is 10.2 Å². The third kappa shape index (κ3) is 5.97. The second-order valence-corrected chi connectivity index (χ2v) is 11.2. The molecule has 0 aromatic heterocycles. The summed E-state index contributed by atoms with van der Waals surface area (Å²) in [6.07, 6.45) is -0.359. The maximum Gasteiger partial charge on any atom is 0.279 e. The first-order valence-electron chi connectivity index (χ1n) is 9.70. The molecule has 2 fully saturated rings. The predicted octanol–water partition coefficient (Wildman–Crippen LogP) is 0.292. The molecule has 0 aliphatic carbocycles. The van der Waals surface area contributed by atoms with Crippen molar-refractivity contribution >= 4 is 20.2 Å². The van der Waals surface area contributed by atoms with Gasteiger partial charge in [-0.25, -0.2) is 8.42 Å². The van der Waals surface area contributed by atoms with Crippen LogP contribution >= 0.6 is 0 Å². The molecule has 2 saturated heterocycles. The van der Waals surface area contributed by atoms with Crippen LogP contribution in [0.4, 0.5) is 0 Å². The molecule has 2 atom stereocenters. The van der Waals surface area contributed by atoms with E-state index in [9.17, 15) is 16.8 Å². The third-order valence-corrected chi connectivity index (χ3v) is 8.31. The van der Waals surface area contributed by atoms with Gasteiger partial charge in [0, 0.05) is 32.7 Å². The number of nitrogens with zero attached hydrogens (tertiary/aromatic N) is 2. The lowest BCUT2D eigenvalue weighted by Crippen LogP contribution is -2.51. The molecule has 2 aliphatic rings. The molecular weight excluding hydrogens is 418 g/mol. The fourth-order valence-corrected chi connectivity index (χ4v) is 6.47. The molecule has 0 saturated carbocycles. The number of rotatable bonds is 7. The fourth-order valence-electron chi connectivity index (χ4n) is 3.57. The minimum atomic E-state index is -3.70. The zero-order chi connectivity index (χ0) is 21.1. The summed E-state index contributed by atoms with van der Waals surface area (Å²) in [6, 6.07) is 7.00. The minimum Gasteiger partial charge on any atom is -0.379 e. The molecule has 1 N–H and O–H groups in total. The highest BCUT2D eigenvalue weighted by molar-refractivity contribution is 7.88. The molecule has 0 spiro atoms. The van der Waals surface area contributed by atoms with Crippen molar-refractivity contribution in [1.82, 2.24) is 13.3 Å². The van der Waals surface area contributed by atoms with E-state index in [0.717, 1.165) is 0 Å². The van der Waals surface area contributed by atoms with Gasteiger partial charge in [-0.15, -0.1) is 0 Å². The highest BCUT2D eigenvalue weighted by Gasteiger charge is 2.31. The molecule has 11 heteroatoms. The Morgan fingerprint density at radius 2 is 1.55 bits per heavy atom. The van der Waals surface area contributed by atoms with Crippen LogP contribution in [0.1, 0.15) is 25.0 Å². The van der Waals surface area contributed by atoms with Crippen molar-refractivity contribution in [2.75, 3.05) is 39.4 Å². The summed E-state index contributed by atoms with van der Waals surface area (Å²) in [4.78, 5) is 0. The number of hydrogen-bond acceptors (Lipinski definition) is 6. The van der Waals surface area contributed by atoms with E-state index < -0.39 is 20.2 Å². The average Bonchev–Trinajstić information content (AvgIpc) is 2.67. The van der Waals surface area contributed by atoms with Gasteiger partial charge in [-0.1, -0.05) is 24.3 Å². The van der Waals surface area contributed by atoms with Crippen molar-refractivity contribution < 1.29 is 26.3 Å². The first kappa shape index (κ1) is 22.6. The summed E-state index contributed by atoms with van der Waals surface area (Å²) in [5.74, 6) is -0.170. The number of ether oxygens (including phenoxy) is 2. The molecular formula is C18H29N3O6S2. The summed E-state index contributed by atoms with van der Waals surface area (Å²) < 4.78 is 67.1. The van der Waals surface area contributed by atoms with E-state index in [1.165, 1.54) is 8.61 Å². The van der Waals surface area contributed by atoms with Crippen LogP contribution in [-0.2, 0) is 42.0 Å². The zero-order valence-corrected chi connectivity index (χ0v) is 18.4. The van der Waals surface area contributed by atoms with Crippen molar-refractivity contribution in [3.8, 4) is 0 Å². The highest BCUT2D eigenvalue weighted by atomic mass is 32.2. The highest BCUT2D eigenvalue weighted by Crippen LogP contribution is 2.18. The van der Waals surface area contributed by atoms with Gasteiger partial charge in [0.1, 0.15) is 0 Å². The Balaban J connectivity index is 1.69. The van der Waals surface area contributed by atoms with Crippen LogP contribution in [0.15, 0.2) is 24.3 Å². The van der Waals surface area contributed by atoms with Gasteiger partial charge in [0.05, 0.1) is 31.2 Å². The number of sulfonamides is 1. The lowest BCUT2D eigenvalue weighted by atomic mass is 10.1. The largest absolute Gasteiger partial charge is 0.379 e. The molecule has 0 bridgehead atoms. The SMILES string of the molecule is CC1CN(S(=O)(=O)NCc2ccccc2CS(=O)(=O)N2CCOCC2)CC(C)O1. The predicted molar refractivity (Wildman–Crippen MR) is 109 cm³/mol. The molecule has 0 radical (unpaired) electrons. The van der Waals surface area contributed by atoms with Crippen LogP contribution in [0, 0.1) is 0 Å². The van der Waals surface area contributed by atoms with Crippen LogP contribution in [0.3, 0.4) is 0 Å². The van der Waals surface area contributed by atoms with Gasteiger partial charge in [0.2, 0.25) is 10.0 Å². The van der Waals surface area contributed by atoms with Crippen LogP contribution in [0.2, 0.25) is 0 Å². The Morgan fingerprint density at radius 3 is 2.17 bits per heavy atom. The van der Waals surface area contributed by atoms with Gasteiger partial charge in [-0.2, -0.15) is 21.8 Å². The van der Waals surface area contributed by atoms with Crippen molar-refractivity contribution in [2.45, 2.75) is 38.4 Å². The monoisotopic (exact) mass is 447 g/mol. The van der Waals surface area contributed by atoms with E-state index in [4.69, 9.17) is 9.47 Å². The Labute approximate surface area is 173 Å². The molecule has 1 aromatic carbocycles. The number of morpholine rings is 2. The van der Waals surface area contributed by atoms with Gasteiger partial charge >= 0.3 is 0 Å². The Bertz CT molecular complexity index is 890. The lowest BCUT2D eigenvalue weighted by molar-refractivity contribution is -0.0444. The molecule has 1 aromatic rings. The van der Waals surface area contributed by atoms with E-state index in [1.807, 2.05) is 13.8 Å². The molecule has 3 rings (SSSR count). The lowest BCUT2D eigenvalue weighted by Gasteiger charge is -2.34. The summed E-state index contributed by atoms with van der Waals surface area (Å²) in [5.41, 5.74) is 1.23. The van der Waals surface area contributed by atoms with E-state index in [0.29, 0.717) is 37.4 Å². The van der Waals surface area contributed by atoms with Crippen molar-refractivity contribution in [1.29, 1.82) is 0 Å². The average molecular weight is 448 g/mol. The smallest absolute Gasteiger partial charge is 0.279 e. The molecule has 0 amide bonds. The molecule has 2 aliphatic heterocycles. The zero-order valence-electron chi connectivity index (χ0n) is 16.8. The van der Waals surface area contributed by atoms with Crippen LogP contribution in [0.25, 0.3) is 0 Å². The summed E-state index contributed by atoms with van der Waals surface area (Å²) in [7, 11) is -7.20. The van der Waals surface area contributed by atoms with Crippen LogP contribution in [-0.4, -0.2) is 77.0 Å². The quantitative estimate of drug-likeness (QED) is 0.644.